The second-order valence-corrected chi connectivity index (χ2v) is 6.71. The van der Waals surface area contributed by atoms with E-state index in [1.165, 1.54) is 6.07 Å². The molecule has 0 atom stereocenters. The molecule has 2 heterocycles. The maximum atomic E-state index is 13.4. The number of nitrogens with one attached hydrogen (secondary N) is 1. The van der Waals surface area contributed by atoms with Gasteiger partial charge in [0.15, 0.2) is 5.69 Å². The summed E-state index contributed by atoms with van der Waals surface area (Å²) in [6, 6.07) is 2.08. The van der Waals surface area contributed by atoms with Crippen LogP contribution in [-0.4, -0.2) is 38.3 Å². The molecule has 0 amide bonds. The molecule has 1 aliphatic carbocycles. The van der Waals surface area contributed by atoms with Gasteiger partial charge in [0, 0.05) is 31.1 Å². The molecule has 11 heteroatoms. The Morgan fingerprint density at radius 3 is 2.59 bits per heavy atom. The zero-order chi connectivity index (χ0) is 21.2. The number of aromatic nitrogens is 4. The van der Waals surface area contributed by atoms with E-state index in [0.717, 1.165) is 16.9 Å². The molecule has 0 bridgehead atoms. The summed E-state index contributed by atoms with van der Waals surface area (Å²) in [5.41, 5.74) is -0.830. The molecule has 0 spiro atoms. The molecule has 2 aromatic rings. The van der Waals surface area contributed by atoms with Crippen molar-refractivity contribution in [2.24, 2.45) is 0 Å². The topological polar surface area (TPSA) is 64.9 Å². The van der Waals surface area contributed by atoms with Crippen molar-refractivity contribution in [2.45, 2.75) is 50.7 Å². The summed E-state index contributed by atoms with van der Waals surface area (Å²) in [7, 11) is 0. The summed E-state index contributed by atoms with van der Waals surface area (Å²) in [5.74, 6) is -2.32. The number of anilines is 1. The van der Waals surface area contributed by atoms with Crippen LogP contribution in [0.15, 0.2) is 24.9 Å². The molecule has 158 valence electrons. The Balaban J connectivity index is 1.90. The largest absolute Gasteiger partial charge is 0.492 e. The van der Waals surface area contributed by atoms with Crippen molar-refractivity contribution in [2.75, 3.05) is 11.9 Å². The van der Waals surface area contributed by atoms with Crippen LogP contribution >= 0.6 is 0 Å². The molecule has 0 aliphatic heterocycles. The van der Waals surface area contributed by atoms with E-state index in [1.54, 1.807) is 6.92 Å². The molecule has 3 rings (SSSR count). The number of halogens is 5. The van der Waals surface area contributed by atoms with Crippen LogP contribution in [0.4, 0.5) is 27.8 Å². The molecule has 1 N–H and O–H groups in total. The van der Waals surface area contributed by atoms with E-state index in [0.29, 0.717) is 6.61 Å². The monoisotopic (exact) mass is 417 g/mol. The highest BCUT2D eigenvalue weighted by atomic mass is 19.4. The van der Waals surface area contributed by atoms with Gasteiger partial charge >= 0.3 is 6.18 Å². The fourth-order valence-electron chi connectivity index (χ4n) is 2.98. The van der Waals surface area contributed by atoms with E-state index in [1.807, 2.05) is 0 Å². The highest BCUT2D eigenvalue weighted by molar-refractivity contribution is 5.58. The van der Waals surface area contributed by atoms with E-state index in [9.17, 15) is 22.0 Å². The number of alkyl halides is 5. The highest BCUT2D eigenvalue weighted by Crippen LogP contribution is 2.34. The van der Waals surface area contributed by atoms with E-state index < -0.39 is 17.8 Å². The third-order valence-corrected chi connectivity index (χ3v) is 4.47. The quantitative estimate of drug-likeness (QED) is 0.546. The molecule has 1 fully saturated rings. The normalized spacial score (nSPS) is 17.2. The minimum Gasteiger partial charge on any atom is -0.492 e. The predicted molar refractivity (Wildman–Crippen MR) is 95.6 cm³/mol. The molecule has 0 saturated heterocycles. The summed E-state index contributed by atoms with van der Waals surface area (Å²) < 4.78 is 71.5. The zero-order valence-electron chi connectivity index (χ0n) is 15.6. The summed E-state index contributed by atoms with van der Waals surface area (Å²) in [6.07, 6.45) is -3.50. The van der Waals surface area contributed by atoms with Gasteiger partial charge in [0.25, 0.3) is 5.95 Å². The average Bonchev–Trinajstić information content (AvgIpc) is 3.14. The van der Waals surface area contributed by atoms with Gasteiger partial charge in [-0.05, 0) is 25.8 Å². The molecule has 0 unspecified atom stereocenters. The van der Waals surface area contributed by atoms with Gasteiger partial charge in [-0.2, -0.15) is 23.3 Å². The van der Waals surface area contributed by atoms with Crippen LogP contribution in [0.1, 0.15) is 44.0 Å². The average molecular weight is 417 g/mol. The van der Waals surface area contributed by atoms with Gasteiger partial charge in [0.1, 0.15) is 17.3 Å². The summed E-state index contributed by atoms with van der Waals surface area (Å²) >= 11 is 0. The van der Waals surface area contributed by atoms with Crippen LogP contribution in [0.25, 0.3) is 11.7 Å². The Labute approximate surface area is 163 Å². The van der Waals surface area contributed by atoms with Crippen molar-refractivity contribution in [1.82, 2.24) is 19.7 Å². The van der Waals surface area contributed by atoms with Gasteiger partial charge in [-0.15, -0.1) is 0 Å². The molecule has 29 heavy (non-hydrogen) atoms. The number of hydrogen-bond donors (Lipinski definition) is 1. The van der Waals surface area contributed by atoms with E-state index >= 15 is 0 Å². The molecule has 2 aromatic heterocycles. The van der Waals surface area contributed by atoms with Crippen LogP contribution in [0.2, 0.25) is 0 Å². The van der Waals surface area contributed by atoms with Gasteiger partial charge in [0.2, 0.25) is 5.92 Å². The molecule has 0 aromatic carbocycles. The maximum Gasteiger partial charge on any atom is 0.435 e. The van der Waals surface area contributed by atoms with Crippen LogP contribution in [0.5, 0.6) is 0 Å². The molecule has 1 saturated carbocycles. The Bertz CT molecular complexity index is 870. The summed E-state index contributed by atoms with van der Waals surface area (Å²) in [6.45, 7) is 5.82. The third kappa shape index (κ3) is 5.21. The molecule has 6 nitrogen and oxygen atoms in total. The number of nitrogens with zero attached hydrogens (tertiary/aromatic N) is 4. The second kappa shape index (κ2) is 7.96. The van der Waals surface area contributed by atoms with Gasteiger partial charge in [-0.3, -0.25) is 0 Å². The number of hydrogen-bond acceptors (Lipinski definition) is 5. The summed E-state index contributed by atoms with van der Waals surface area (Å²) in [4.78, 5) is 8.37. The first-order valence-corrected chi connectivity index (χ1v) is 9.06. The van der Waals surface area contributed by atoms with Gasteiger partial charge in [0.05, 0.1) is 6.61 Å². The van der Waals surface area contributed by atoms with Crippen molar-refractivity contribution >= 4 is 11.6 Å². The van der Waals surface area contributed by atoms with Crippen molar-refractivity contribution < 1.29 is 26.7 Å². The van der Waals surface area contributed by atoms with Crippen molar-refractivity contribution in [1.29, 1.82) is 0 Å². The first-order valence-electron chi connectivity index (χ1n) is 9.06. The van der Waals surface area contributed by atoms with E-state index in [2.05, 4.69) is 27.0 Å². The van der Waals surface area contributed by atoms with Crippen LogP contribution in [0.3, 0.4) is 0 Å². The van der Waals surface area contributed by atoms with Gasteiger partial charge < -0.3 is 10.1 Å². The lowest BCUT2D eigenvalue weighted by atomic mass is 9.92. The predicted octanol–water partition coefficient (Wildman–Crippen LogP) is 4.68. The Morgan fingerprint density at radius 2 is 2.00 bits per heavy atom. The van der Waals surface area contributed by atoms with Crippen molar-refractivity contribution in [3.8, 4) is 5.95 Å². The number of ether oxygens (including phenoxy) is 1. The van der Waals surface area contributed by atoms with Crippen molar-refractivity contribution in [3.63, 3.8) is 0 Å². The molecular formula is C18H20F5N5O. The fraction of sp³-hybridized carbons (Fsp3) is 0.500. The lowest BCUT2D eigenvalue weighted by molar-refractivity contribution is -0.141. The maximum absolute atomic E-state index is 13.4. The van der Waals surface area contributed by atoms with Crippen LogP contribution in [-0.2, 0) is 10.9 Å². The lowest BCUT2D eigenvalue weighted by Gasteiger charge is -2.29. The first-order chi connectivity index (χ1) is 13.6. The molecular weight excluding hydrogens is 397 g/mol. The van der Waals surface area contributed by atoms with Gasteiger partial charge in [-0.25, -0.2) is 18.4 Å². The number of rotatable bonds is 6. The second-order valence-electron chi connectivity index (χ2n) is 6.71. The minimum absolute atomic E-state index is 0.123. The minimum atomic E-state index is -4.60. The van der Waals surface area contributed by atoms with E-state index in [-0.39, 0.29) is 54.9 Å². The Kier molecular flexibility index (Phi) is 5.76. The Hall–Kier alpha value is -2.72. The fourth-order valence-corrected chi connectivity index (χ4v) is 2.98. The van der Waals surface area contributed by atoms with Crippen LogP contribution in [0, 0.1) is 0 Å². The van der Waals surface area contributed by atoms with Gasteiger partial charge in [-0.1, -0.05) is 6.58 Å². The zero-order valence-corrected chi connectivity index (χ0v) is 15.6. The lowest BCUT2D eigenvalue weighted by Crippen LogP contribution is -2.32. The molecule has 1 aliphatic rings. The van der Waals surface area contributed by atoms with Crippen LogP contribution < -0.4 is 5.32 Å². The summed E-state index contributed by atoms with van der Waals surface area (Å²) in [5, 5.41) is 6.53. The van der Waals surface area contributed by atoms with E-state index in [4.69, 9.17) is 4.74 Å². The molecule has 0 radical (unpaired) electrons. The third-order valence-electron chi connectivity index (χ3n) is 4.47. The standard InChI is InChI=1S/C18H20F5N5O/c1-3-29-11(2)13-10-15(24-12-4-7-17(19,20)8-5-12)26-16(25-13)28-9-6-14(27-28)18(21,22)23/h6,9-10,12H,2-5,7-8H2,1H3,(H,24,25,26). The first kappa shape index (κ1) is 21.0. The highest BCUT2D eigenvalue weighted by Gasteiger charge is 2.35. The van der Waals surface area contributed by atoms with Crippen molar-refractivity contribution in [3.05, 3.63) is 36.3 Å². The SMILES string of the molecule is C=C(OCC)c1cc(NC2CCC(F)(F)CC2)nc(-n2ccc(C(F)(F)F)n2)n1. The Morgan fingerprint density at radius 1 is 1.31 bits per heavy atom. The smallest absolute Gasteiger partial charge is 0.435 e.